The first kappa shape index (κ1) is 16.4. The first-order valence-corrected chi connectivity index (χ1v) is 8.48. The molecule has 0 spiro atoms. The standard InChI is InChI=1S/C16H26N4O3/c21-5-4-17-16-19-14(13-3-8-23-11-13)9-15(20-16)18-10-12-1-6-22-7-2-12/h9,12-13,21H,1-8,10-11H2,(H2,17,18,19,20)/t13-/m0/s1. The highest BCUT2D eigenvalue weighted by Crippen LogP contribution is 2.26. The largest absolute Gasteiger partial charge is 0.395 e. The molecular formula is C16H26N4O3. The second kappa shape index (κ2) is 8.42. The fraction of sp³-hybridized carbons (Fsp3) is 0.750. The van der Waals surface area contributed by atoms with Crippen LogP contribution in [0.25, 0.3) is 0 Å². The van der Waals surface area contributed by atoms with Gasteiger partial charge in [0.2, 0.25) is 5.95 Å². The minimum absolute atomic E-state index is 0.0605. The van der Waals surface area contributed by atoms with E-state index in [2.05, 4.69) is 20.6 Å². The Balaban J connectivity index is 1.67. The van der Waals surface area contributed by atoms with E-state index in [1.54, 1.807) is 0 Å². The molecule has 0 aromatic carbocycles. The van der Waals surface area contributed by atoms with Crippen molar-refractivity contribution in [1.29, 1.82) is 0 Å². The van der Waals surface area contributed by atoms with E-state index in [0.717, 1.165) is 63.7 Å². The van der Waals surface area contributed by atoms with E-state index in [9.17, 15) is 0 Å². The smallest absolute Gasteiger partial charge is 0.224 e. The van der Waals surface area contributed by atoms with Gasteiger partial charge < -0.3 is 25.2 Å². The van der Waals surface area contributed by atoms with Crippen LogP contribution in [0.15, 0.2) is 6.07 Å². The highest BCUT2D eigenvalue weighted by atomic mass is 16.5. The average Bonchev–Trinajstić information content (AvgIpc) is 3.14. The lowest BCUT2D eigenvalue weighted by Crippen LogP contribution is -2.23. The molecule has 2 fully saturated rings. The fourth-order valence-corrected chi connectivity index (χ4v) is 2.98. The van der Waals surface area contributed by atoms with Crippen molar-refractivity contribution in [1.82, 2.24) is 9.97 Å². The van der Waals surface area contributed by atoms with Crippen molar-refractivity contribution in [3.8, 4) is 0 Å². The second-order valence-corrected chi connectivity index (χ2v) is 6.15. The lowest BCUT2D eigenvalue weighted by atomic mass is 10.0. The van der Waals surface area contributed by atoms with Crippen LogP contribution in [0.3, 0.4) is 0 Å². The molecule has 3 rings (SSSR count). The molecule has 7 heteroatoms. The van der Waals surface area contributed by atoms with Crippen molar-refractivity contribution in [2.24, 2.45) is 5.92 Å². The third kappa shape index (κ3) is 4.76. The summed E-state index contributed by atoms with van der Waals surface area (Å²) in [5.41, 5.74) is 1.01. The molecule has 23 heavy (non-hydrogen) atoms. The van der Waals surface area contributed by atoms with E-state index in [-0.39, 0.29) is 6.61 Å². The summed E-state index contributed by atoms with van der Waals surface area (Å²) in [4.78, 5) is 9.08. The van der Waals surface area contributed by atoms with Crippen LogP contribution in [0, 0.1) is 5.92 Å². The van der Waals surface area contributed by atoms with Crippen molar-refractivity contribution in [2.75, 3.05) is 56.8 Å². The summed E-state index contributed by atoms with van der Waals surface area (Å²) in [5, 5.41) is 15.5. The van der Waals surface area contributed by atoms with Gasteiger partial charge in [-0.15, -0.1) is 0 Å². The van der Waals surface area contributed by atoms with Gasteiger partial charge >= 0.3 is 0 Å². The van der Waals surface area contributed by atoms with Gasteiger partial charge in [-0.2, -0.15) is 4.98 Å². The number of ether oxygens (including phenoxy) is 2. The zero-order valence-electron chi connectivity index (χ0n) is 13.5. The molecule has 3 heterocycles. The fourth-order valence-electron chi connectivity index (χ4n) is 2.98. The van der Waals surface area contributed by atoms with Crippen LogP contribution in [0.5, 0.6) is 0 Å². The summed E-state index contributed by atoms with van der Waals surface area (Å²) >= 11 is 0. The number of hydrogen-bond donors (Lipinski definition) is 3. The molecule has 0 unspecified atom stereocenters. The third-order valence-corrected chi connectivity index (χ3v) is 4.40. The molecule has 0 amide bonds. The van der Waals surface area contributed by atoms with Crippen molar-refractivity contribution < 1.29 is 14.6 Å². The SMILES string of the molecule is OCCNc1nc(NCC2CCOCC2)cc([C@H]2CCOC2)n1. The van der Waals surface area contributed by atoms with Gasteiger partial charge in [0.25, 0.3) is 0 Å². The van der Waals surface area contributed by atoms with Crippen LogP contribution in [-0.2, 0) is 9.47 Å². The molecule has 128 valence electrons. The molecule has 0 bridgehead atoms. The number of rotatable bonds is 7. The number of nitrogens with zero attached hydrogens (tertiary/aromatic N) is 2. The normalized spacial score (nSPS) is 22.2. The Kier molecular flexibility index (Phi) is 6.01. The van der Waals surface area contributed by atoms with Crippen molar-refractivity contribution in [3.05, 3.63) is 11.8 Å². The van der Waals surface area contributed by atoms with Crippen LogP contribution >= 0.6 is 0 Å². The molecule has 2 aliphatic rings. The molecule has 1 aromatic heterocycles. The Hall–Kier alpha value is -1.44. The monoisotopic (exact) mass is 322 g/mol. The Morgan fingerprint density at radius 1 is 1.09 bits per heavy atom. The number of hydrogen-bond acceptors (Lipinski definition) is 7. The maximum atomic E-state index is 8.99. The zero-order chi connectivity index (χ0) is 15.9. The Labute approximate surface area is 136 Å². The molecule has 0 radical (unpaired) electrons. The van der Waals surface area contributed by atoms with Crippen molar-refractivity contribution >= 4 is 11.8 Å². The van der Waals surface area contributed by atoms with E-state index in [1.807, 2.05) is 6.07 Å². The number of aromatic nitrogens is 2. The van der Waals surface area contributed by atoms with Gasteiger partial charge in [-0.3, -0.25) is 0 Å². The lowest BCUT2D eigenvalue weighted by Gasteiger charge is -2.22. The maximum Gasteiger partial charge on any atom is 0.224 e. The highest BCUT2D eigenvalue weighted by Gasteiger charge is 2.21. The van der Waals surface area contributed by atoms with Gasteiger partial charge in [-0.05, 0) is 25.2 Å². The van der Waals surface area contributed by atoms with Crippen LogP contribution < -0.4 is 10.6 Å². The van der Waals surface area contributed by atoms with Crippen molar-refractivity contribution in [3.63, 3.8) is 0 Å². The first-order chi connectivity index (χ1) is 11.3. The molecule has 7 nitrogen and oxygen atoms in total. The summed E-state index contributed by atoms with van der Waals surface area (Å²) in [7, 11) is 0. The van der Waals surface area contributed by atoms with Crippen LogP contribution in [0.4, 0.5) is 11.8 Å². The third-order valence-electron chi connectivity index (χ3n) is 4.40. The van der Waals surface area contributed by atoms with E-state index in [1.165, 1.54) is 0 Å². The summed E-state index contributed by atoms with van der Waals surface area (Å²) in [5.74, 6) is 2.37. The molecule has 3 N–H and O–H groups in total. The average molecular weight is 322 g/mol. The van der Waals surface area contributed by atoms with Crippen molar-refractivity contribution in [2.45, 2.75) is 25.2 Å². The maximum absolute atomic E-state index is 8.99. The molecule has 0 aliphatic carbocycles. The topological polar surface area (TPSA) is 88.5 Å². The predicted octanol–water partition coefficient (Wildman–Crippen LogP) is 1.22. The van der Waals surface area contributed by atoms with E-state index < -0.39 is 0 Å². The quantitative estimate of drug-likeness (QED) is 0.695. The van der Waals surface area contributed by atoms with Gasteiger partial charge in [0.05, 0.1) is 18.9 Å². The van der Waals surface area contributed by atoms with Crippen LogP contribution in [-0.4, -0.2) is 61.2 Å². The van der Waals surface area contributed by atoms with E-state index in [0.29, 0.717) is 24.3 Å². The lowest BCUT2D eigenvalue weighted by molar-refractivity contribution is 0.0699. The highest BCUT2D eigenvalue weighted by molar-refractivity contribution is 5.43. The van der Waals surface area contributed by atoms with Gasteiger partial charge in [-0.1, -0.05) is 0 Å². The number of nitrogens with one attached hydrogen (secondary N) is 2. The van der Waals surface area contributed by atoms with E-state index >= 15 is 0 Å². The summed E-state index contributed by atoms with van der Waals surface area (Å²) < 4.78 is 10.9. The Morgan fingerprint density at radius 3 is 2.65 bits per heavy atom. The molecule has 2 aliphatic heterocycles. The zero-order valence-corrected chi connectivity index (χ0v) is 13.5. The molecule has 1 aromatic rings. The van der Waals surface area contributed by atoms with Gasteiger partial charge in [0, 0.05) is 44.9 Å². The Bertz CT molecular complexity index is 488. The molecule has 2 saturated heterocycles. The number of aliphatic hydroxyl groups excluding tert-OH is 1. The minimum Gasteiger partial charge on any atom is -0.395 e. The van der Waals surface area contributed by atoms with Crippen LogP contribution in [0.1, 0.15) is 30.9 Å². The van der Waals surface area contributed by atoms with Crippen LogP contribution in [0.2, 0.25) is 0 Å². The number of aliphatic hydroxyl groups is 1. The van der Waals surface area contributed by atoms with Gasteiger partial charge in [0.15, 0.2) is 0 Å². The number of anilines is 2. The molecule has 0 saturated carbocycles. The Morgan fingerprint density at radius 2 is 1.91 bits per heavy atom. The summed E-state index contributed by atoms with van der Waals surface area (Å²) in [6.45, 7) is 4.62. The minimum atomic E-state index is 0.0605. The molecular weight excluding hydrogens is 296 g/mol. The summed E-state index contributed by atoms with van der Waals surface area (Å²) in [6.07, 6.45) is 3.18. The van der Waals surface area contributed by atoms with Gasteiger partial charge in [-0.25, -0.2) is 4.98 Å². The van der Waals surface area contributed by atoms with E-state index in [4.69, 9.17) is 14.6 Å². The molecule has 1 atom stereocenters. The predicted molar refractivity (Wildman–Crippen MR) is 87.8 cm³/mol. The van der Waals surface area contributed by atoms with Gasteiger partial charge in [0.1, 0.15) is 5.82 Å². The summed E-state index contributed by atoms with van der Waals surface area (Å²) in [6, 6.07) is 2.03. The second-order valence-electron chi connectivity index (χ2n) is 6.15. The first-order valence-electron chi connectivity index (χ1n) is 8.48.